The van der Waals surface area contributed by atoms with E-state index < -0.39 is 17.5 Å². The highest BCUT2D eigenvalue weighted by atomic mass is 79.9. The van der Waals surface area contributed by atoms with E-state index in [1.54, 1.807) is 0 Å². The zero-order chi connectivity index (χ0) is 12.3. The summed E-state index contributed by atoms with van der Waals surface area (Å²) in [5.74, 6) is -2.57. The molecule has 6 heteroatoms. The molecule has 0 heterocycles. The minimum Gasteiger partial charge on any atom is -0.505 e. The van der Waals surface area contributed by atoms with E-state index in [1.807, 2.05) is 0 Å². The Morgan fingerprint density at radius 1 is 1.62 bits per heavy atom. The first-order valence-electron chi connectivity index (χ1n) is 4.43. The molecule has 0 aromatic heterocycles. The van der Waals surface area contributed by atoms with Crippen LogP contribution in [-0.4, -0.2) is 23.3 Å². The largest absolute Gasteiger partial charge is 0.505 e. The van der Waals surface area contributed by atoms with Gasteiger partial charge in [-0.25, -0.2) is 0 Å². The van der Waals surface area contributed by atoms with Crippen molar-refractivity contribution in [3.63, 3.8) is 0 Å². The standard InChI is InChI=1S/C10H10BrFO4/c1-16-10-6(11)4-5(2-3-7(13)14)9(15)8(10)12/h4,15H,2-3H2,1H3,(H,13,14). The van der Waals surface area contributed by atoms with Crippen molar-refractivity contribution in [2.75, 3.05) is 7.11 Å². The number of phenols is 1. The van der Waals surface area contributed by atoms with Gasteiger partial charge in [0.2, 0.25) is 5.82 Å². The van der Waals surface area contributed by atoms with Crippen LogP contribution < -0.4 is 4.74 Å². The third-order valence-corrected chi connectivity index (χ3v) is 2.63. The second-order valence-electron chi connectivity index (χ2n) is 3.11. The predicted octanol–water partition coefficient (Wildman–Crippen LogP) is 2.32. The summed E-state index contributed by atoms with van der Waals surface area (Å²) in [4.78, 5) is 10.4. The summed E-state index contributed by atoms with van der Waals surface area (Å²) in [7, 11) is 1.28. The Morgan fingerprint density at radius 3 is 2.75 bits per heavy atom. The third-order valence-electron chi connectivity index (χ3n) is 2.04. The molecule has 4 nitrogen and oxygen atoms in total. The van der Waals surface area contributed by atoms with Gasteiger partial charge < -0.3 is 14.9 Å². The Hall–Kier alpha value is -1.30. The van der Waals surface area contributed by atoms with Gasteiger partial charge in [0.15, 0.2) is 11.5 Å². The number of halogens is 2. The lowest BCUT2D eigenvalue weighted by atomic mass is 10.1. The lowest BCUT2D eigenvalue weighted by Gasteiger charge is -2.10. The van der Waals surface area contributed by atoms with E-state index in [1.165, 1.54) is 13.2 Å². The third kappa shape index (κ3) is 2.63. The van der Waals surface area contributed by atoms with Gasteiger partial charge in [-0.15, -0.1) is 0 Å². The first-order valence-corrected chi connectivity index (χ1v) is 5.22. The van der Waals surface area contributed by atoms with Crippen LogP contribution >= 0.6 is 15.9 Å². The van der Waals surface area contributed by atoms with Gasteiger partial charge in [0.1, 0.15) is 0 Å². The van der Waals surface area contributed by atoms with Crippen LogP contribution in [0, 0.1) is 5.82 Å². The van der Waals surface area contributed by atoms with Gasteiger partial charge >= 0.3 is 5.97 Å². The van der Waals surface area contributed by atoms with Crippen LogP contribution in [0.15, 0.2) is 10.5 Å². The number of aliphatic carboxylic acids is 1. The number of aryl methyl sites for hydroxylation is 1. The summed E-state index contributed by atoms with van der Waals surface area (Å²) < 4.78 is 18.6. The maximum Gasteiger partial charge on any atom is 0.303 e. The number of hydrogen-bond donors (Lipinski definition) is 2. The average molecular weight is 293 g/mol. The van der Waals surface area contributed by atoms with Gasteiger partial charge in [0, 0.05) is 6.42 Å². The van der Waals surface area contributed by atoms with Gasteiger partial charge in [-0.1, -0.05) is 0 Å². The molecule has 0 aliphatic rings. The number of hydrogen-bond acceptors (Lipinski definition) is 3. The van der Waals surface area contributed by atoms with Crippen LogP contribution in [0.3, 0.4) is 0 Å². The van der Waals surface area contributed by atoms with Crippen LogP contribution in [0.5, 0.6) is 11.5 Å². The lowest BCUT2D eigenvalue weighted by Crippen LogP contribution is -2.00. The van der Waals surface area contributed by atoms with Gasteiger partial charge in [0.25, 0.3) is 0 Å². The van der Waals surface area contributed by atoms with Crippen LogP contribution in [0.4, 0.5) is 4.39 Å². The number of ether oxygens (including phenoxy) is 1. The molecule has 0 atom stereocenters. The number of carbonyl (C=O) groups is 1. The molecule has 0 aliphatic carbocycles. The Bertz CT molecular complexity index is 420. The van der Waals surface area contributed by atoms with Crippen molar-refractivity contribution in [1.82, 2.24) is 0 Å². The fourth-order valence-electron chi connectivity index (χ4n) is 1.26. The van der Waals surface area contributed by atoms with Gasteiger partial charge in [-0.05, 0) is 34.0 Å². The highest BCUT2D eigenvalue weighted by Crippen LogP contribution is 2.36. The molecule has 0 amide bonds. The first-order chi connectivity index (χ1) is 7.47. The van der Waals surface area contributed by atoms with Crippen molar-refractivity contribution < 1.29 is 24.1 Å². The smallest absolute Gasteiger partial charge is 0.303 e. The fourth-order valence-corrected chi connectivity index (χ4v) is 1.87. The molecule has 0 radical (unpaired) electrons. The number of carboxylic acid groups (broad SMARTS) is 1. The molecular formula is C10H10BrFO4. The van der Waals surface area contributed by atoms with Crippen molar-refractivity contribution in [2.45, 2.75) is 12.8 Å². The molecule has 0 fully saturated rings. The van der Waals surface area contributed by atoms with Crippen molar-refractivity contribution in [2.24, 2.45) is 0 Å². The highest BCUT2D eigenvalue weighted by molar-refractivity contribution is 9.10. The highest BCUT2D eigenvalue weighted by Gasteiger charge is 2.17. The molecule has 1 aromatic rings. The quantitative estimate of drug-likeness (QED) is 0.894. The van der Waals surface area contributed by atoms with Gasteiger partial charge in [-0.3, -0.25) is 4.79 Å². The summed E-state index contributed by atoms with van der Waals surface area (Å²) in [5.41, 5.74) is 0.229. The SMILES string of the molecule is COc1c(Br)cc(CCC(=O)O)c(O)c1F. The van der Waals surface area contributed by atoms with Crippen LogP contribution in [0.25, 0.3) is 0 Å². The van der Waals surface area contributed by atoms with E-state index in [4.69, 9.17) is 9.84 Å². The Labute approximate surface area is 99.8 Å². The minimum absolute atomic E-state index is 0.0562. The second-order valence-corrected chi connectivity index (χ2v) is 3.96. The summed E-state index contributed by atoms with van der Waals surface area (Å²) >= 11 is 3.08. The second kappa shape index (κ2) is 5.16. The minimum atomic E-state index is -1.01. The van der Waals surface area contributed by atoms with E-state index in [2.05, 4.69) is 15.9 Å². The van der Waals surface area contributed by atoms with Crippen LogP contribution in [-0.2, 0) is 11.2 Å². The normalized spacial score (nSPS) is 10.2. The fraction of sp³-hybridized carbons (Fsp3) is 0.300. The number of carboxylic acids is 1. The Balaban J connectivity index is 3.08. The van der Waals surface area contributed by atoms with E-state index in [-0.39, 0.29) is 24.2 Å². The number of phenolic OH excluding ortho intramolecular Hbond substituents is 1. The first kappa shape index (κ1) is 12.8. The summed E-state index contributed by atoms with van der Waals surface area (Å²) in [5, 5.41) is 18.0. The van der Waals surface area contributed by atoms with Crippen molar-refractivity contribution in [3.05, 3.63) is 21.9 Å². The lowest BCUT2D eigenvalue weighted by molar-refractivity contribution is -0.136. The molecular weight excluding hydrogens is 283 g/mol. The van der Waals surface area contributed by atoms with Crippen molar-refractivity contribution in [3.8, 4) is 11.5 Å². The van der Waals surface area contributed by atoms with Crippen molar-refractivity contribution in [1.29, 1.82) is 0 Å². The molecule has 88 valence electrons. The summed E-state index contributed by atoms with van der Waals surface area (Å²) in [6.07, 6.45) is -0.119. The summed E-state index contributed by atoms with van der Waals surface area (Å²) in [6, 6.07) is 1.44. The molecule has 1 aromatic carbocycles. The van der Waals surface area contributed by atoms with Gasteiger partial charge in [0.05, 0.1) is 11.6 Å². The van der Waals surface area contributed by atoms with Gasteiger partial charge in [-0.2, -0.15) is 4.39 Å². The summed E-state index contributed by atoms with van der Waals surface area (Å²) in [6.45, 7) is 0. The Kier molecular flexibility index (Phi) is 4.12. The van der Waals surface area contributed by atoms with E-state index in [9.17, 15) is 14.3 Å². The zero-order valence-corrected chi connectivity index (χ0v) is 10.0. The Morgan fingerprint density at radius 2 is 2.25 bits per heavy atom. The number of benzene rings is 1. The molecule has 0 spiro atoms. The molecule has 0 aliphatic heterocycles. The molecule has 1 rings (SSSR count). The predicted molar refractivity (Wildman–Crippen MR) is 58.3 cm³/mol. The molecule has 0 saturated heterocycles. The molecule has 2 N–H and O–H groups in total. The monoisotopic (exact) mass is 292 g/mol. The van der Waals surface area contributed by atoms with Crippen LogP contribution in [0.1, 0.15) is 12.0 Å². The number of methoxy groups -OCH3 is 1. The van der Waals surface area contributed by atoms with E-state index in [0.717, 1.165) is 0 Å². The molecule has 16 heavy (non-hydrogen) atoms. The molecule has 0 saturated carbocycles. The van der Waals surface area contributed by atoms with Crippen molar-refractivity contribution >= 4 is 21.9 Å². The van der Waals surface area contributed by atoms with E-state index in [0.29, 0.717) is 4.47 Å². The zero-order valence-electron chi connectivity index (χ0n) is 8.46. The van der Waals surface area contributed by atoms with Crippen LogP contribution in [0.2, 0.25) is 0 Å². The number of rotatable bonds is 4. The number of aromatic hydroxyl groups is 1. The van der Waals surface area contributed by atoms with E-state index >= 15 is 0 Å². The molecule has 0 unspecified atom stereocenters. The maximum absolute atomic E-state index is 13.5. The maximum atomic E-state index is 13.5. The molecule has 0 bridgehead atoms. The topological polar surface area (TPSA) is 66.8 Å². The average Bonchev–Trinajstić information content (AvgIpc) is 2.22.